The van der Waals surface area contributed by atoms with Crippen molar-refractivity contribution < 1.29 is 19.3 Å². The third kappa shape index (κ3) is 9.79. The van der Waals surface area contributed by atoms with E-state index in [1.165, 1.54) is 0 Å². The summed E-state index contributed by atoms with van der Waals surface area (Å²) < 4.78 is 15.8. The van der Waals surface area contributed by atoms with E-state index in [2.05, 4.69) is 19.2 Å². The van der Waals surface area contributed by atoms with E-state index >= 15 is 0 Å². The zero-order chi connectivity index (χ0) is 13.9. The molecule has 0 bridgehead atoms. The van der Waals surface area contributed by atoms with Gasteiger partial charge in [-0.2, -0.15) is 0 Å². The van der Waals surface area contributed by atoms with E-state index in [4.69, 9.17) is 14.2 Å². The van der Waals surface area contributed by atoms with Crippen molar-refractivity contribution in [2.75, 3.05) is 46.8 Å². The number of aliphatic hydroxyl groups excluding tert-OH is 1. The summed E-state index contributed by atoms with van der Waals surface area (Å²) in [5.41, 5.74) is -0.370. The smallest absolute Gasteiger partial charge is 0.0700 e. The highest BCUT2D eigenvalue weighted by molar-refractivity contribution is 4.83. The van der Waals surface area contributed by atoms with Gasteiger partial charge in [0.15, 0.2) is 0 Å². The number of ether oxygens (including phenoxy) is 3. The van der Waals surface area contributed by atoms with Gasteiger partial charge in [0.25, 0.3) is 0 Å². The van der Waals surface area contributed by atoms with Crippen molar-refractivity contribution in [3.8, 4) is 0 Å². The van der Waals surface area contributed by atoms with Crippen LogP contribution in [0.5, 0.6) is 0 Å². The fourth-order valence-corrected chi connectivity index (χ4v) is 1.63. The summed E-state index contributed by atoms with van der Waals surface area (Å²) in [7, 11) is 1.66. The molecule has 5 heteroatoms. The van der Waals surface area contributed by atoms with Gasteiger partial charge in [0.2, 0.25) is 0 Å². The molecule has 0 radical (unpaired) electrons. The number of rotatable bonds is 12. The standard InChI is InChI=1S/C13H29NO4/c1-12(2)14-13(3,10-15)11-18-7-5-6-17-9-8-16-4/h12,14-15H,5-11H2,1-4H3. The van der Waals surface area contributed by atoms with Crippen molar-refractivity contribution in [1.29, 1.82) is 0 Å². The highest BCUT2D eigenvalue weighted by Crippen LogP contribution is 2.05. The van der Waals surface area contributed by atoms with Crippen LogP contribution in [0.1, 0.15) is 27.2 Å². The van der Waals surface area contributed by atoms with Gasteiger partial charge in [-0.05, 0) is 13.3 Å². The quantitative estimate of drug-likeness (QED) is 0.510. The minimum absolute atomic E-state index is 0.0650. The third-order valence-corrected chi connectivity index (χ3v) is 2.42. The van der Waals surface area contributed by atoms with Crippen molar-refractivity contribution >= 4 is 0 Å². The summed E-state index contributed by atoms with van der Waals surface area (Å²) in [5, 5.41) is 12.7. The molecular formula is C13H29NO4. The Bertz CT molecular complexity index is 190. The molecule has 0 saturated heterocycles. The summed E-state index contributed by atoms with van der Waals surface area (Å²) in [6.45, 7) is 9.20. The van der Waals surface area contributed by atoms with Crippen LogP contribution in [0.4, 0.5) is 0 Å². The topological polar surface area (TPSA) is 60.0 Å². The largest absolute Gasteiger partial charge is 0.394 e. The van der Waals surface area contributed by atoms with E-state index in [0.29, 0.717) is 39.1 Å². The maximum absolute atomic E-state index is 9.35. The van der Waals surface area contributed by atoms with Crippen LogP contribution >= 0.6 is 0 Å². The monoisotopic (exact) mass is 263 g/mol. The molecule has 0 spiro atoms. The Hall–Kier alpha value is -0.200. The number of hydrogen-bond donors (Lipinski definition) is 2. The van der Waals surface area contributed by atoms with Crippen molar-refractivity contribution in [3.05, 3.63) is 0 Å². The van der Waals surface area contributed by atoms with Gasteiger partial charge in [0, 0.05) is 26.4 Å². The molecule has 0 aromatic heterocycles. The summed E-state index contributed by atoms with van der Waals surface area (Å²) in [6, 6.07) is 0.322. The van der Waals surface area contributed by atoms with Crippen LogP contribution in [0.15, 0.2) is 0 Å². The predicted octanol–water partition coefficient (Wildman–Crippen LogP) is 0.805. The first kappa shape index (κ1) is 17.8. The Kier molecular flexibility index (Phi) is 10.6. The highest BCUT2D eigenvalue weighted by Gasteiger charge is 2.23. The molecule has 0 aliphatic heterocycles. The van der Waals surface area contributed by atoms with E-state index in [9.17, 15) is 5.11 Å². The fraction of sp³-hybridized carbons (Fsp3) is 1.00. The molecular weight excluding hydrogens is 234 g/mol. The second-order valence-corrected chi connectivity index (χ2v) is 5.03. The molecule has 0 saturated carbocycles. The summed E-state index contributed by atoms with van der Waals surface area (Å²) in [6.07, 6.45) is 0.854. The Morgan fingerprint density at radius 2 is 1.78 bits per heavy atom. The first-order valence-corrected chi connectivity index (χ1v) is 6.57. The van der Waals surface area contributed by atoms with Crippen LogP contribution < -0.4 is 5.32 Å². The fourth-order valence-electron chi connectivity index (χ4n) is 1.63. The lowest BCUT2D eigenvalue weighted by atomic mass is 10.0. The van der Waals surface area contributed by atoms with E-state index in [1.54, 1.807) is 7.11 Å². The summed E-state index contributed by atoms with van der Waals surface area (Å²) in [4.78, 5) is 0. The number of methoxy groups -OCH3 is 1. The SMILES string of the molecule is COCCOCCCOCC(C)(CO)NC(C)C. The Morgan fingerprint density at radius 1 is 1.11 bits per heavy atom. The van der Waals surface area contributed by atoms with Crippen molar-refractivity contribution in [2.45, 2.75) is 38.8 Å². The van der Waals surface area contributed by atoms with Gasteiger partial charge in [-0.25, -0.2) is 0 Å². The third-order valence-electron chi connectivity index (χ3n) is 2.42. The molecule has 110 valence electrons. The maximum Gasteiger partial charge on any atom is 0.0700 e. The summed E-state index contributed by atoms with van der Waals surface area (Å²) >= 11 is 0. The molecule has 0 amide bonds. The van der Waals surface area contributed by atoms with Gasteiger partial charge >= 0.3 is 0 Å². The Balaban J connectivity index is 3.50. The molecule has 0 heterocycles. The predicted molar refractivity (Wildman–Crippen MR) is 71.9 cm³/mol. The van der Waals surface area contributed by atoms with E-state index in [-0.39, 0.29) is 12.1 Å². The lowest BCUT2D eigenvalue weighted by Gasteiger charge is -2.30. The maximum atomic E-state index is 9.35. The molecule has 0 aliphatic carbocycles. The average molecular weight is 263 g/mol. The van der Waals surface area contributed by atoms with Crippen LogP contribution in [0.3, 0.4) is 0 Å². The molecule has 1 atom stereocenters. The zero-order valence-corrected chi connectivity index (χ0v) is 12.2. The Morgan fingerprint density at radius 3 is 2.33 bits per heavy atom. The molecule has 1 unspecified atom stereocenters. The zero-order valence-electron chi connectivity index (χ0n) is 12.2. The second-order valence-electron chi connectivity index (χ2n) is 5.03. The van der Waals surface area contributed by atoms with Gasteiger partial charge in [0.05, 0.1) is 32.0 Å². The normalized spacial score (nSPS) is 15.0. The first-order chi connectivity index (χ1) is 8.54. The molecule has 5 nitrogen and oxygen atoms in total. The van der Waals surface area contributed by atoms with Crippen LogP contribution in [0, 0.1) is 0 Å². The molecule has 0 aromatic carbocycles. The van der Waals surface area contributed by atoms with Crippen molar-refractivity contribution in [1.82, 2.24) is 5.32 Å². The lowest BCUT2D eigenvalue weighted by Crippen LogP contribution is -2.52. The number of hydrogen-bond acceptors (Lipinski definition) is 5. The first-order valence-electron chi connectivity index (χ1n) is 6.57. The second kappa shape index (κ2) is 10.7. The van der Waals surface area contributed by atoms with Crippen LogP contribution in [-0.4, -0.2) is 63.4 Å². The van der Waals surface area contributed by atoms with Crippen LogP contribution in [0.2, 0.25) is 0 Å². The van der Waals surface area contributed by atoms with E-state index in [0.717, 1.165) is 6.42 Å². The van der Waals surface area contributed by atoms with Crippen molar-refractivity contribution in [3.63, 3.8) is 0 Å². The lowest BCUT2D eigenvalue weighted by molar-refractivity contribution is 0.0213. The van der Waals surface area contributed by atoms with Gasteiger partial charge in [-0.15, -0.1) is 0 Å². The molecule has 0 aromatic rings. The van der Waals surface area contributed by atoms with Crippen LogP contribution in [0.25, 0.3) is 0 Å². The van der Waals surface area contributed by atoms with Gasteiger partial charge < -0.3 is 24.6 Å². The van der Waals surface area contributed by atoms with Gasteiger partial charge in [-0.3, -0.25) is 0 Å². The minimum Gasteiger partial charge on any atom is -0.394 e. The van der Waals surface area contributed by atoms with E-state index in [1.807, 2.05) is 6.92 Å². The van der Waals surface area contributed by atoms with Crippen LogP contribution in [-0.2, 0) is 14.2 Å². The molecule has 0 fully saturated rings. The number of aliphatic hydroxyl groups is 1. The van der Waals surface area contributed by atoms with Gasteiger partial charge in [-0.1, -0.05) is 13.8 Å². The molecule has 2 N–H and O–H groups in total. The highest BCUT2D eigenvalue weighted by atomic mass is 16.5. The van der Waals surface area contributed by atoms with Crippen molar-refractivity contribution in [2.24, 2.45) is 0 Å². The average Bonchev–Trinajstić information content (AvgIpc) is 2.32. The van der Waals surface area contributed by atoms with Gasteiger partial charge in [0.1, 0.15) is 0 Å². The summed E-state index contributed by atoms with van der Waals surface area (Å²) in [5.74, 6) is 0. The molecule has 18 heavy (non-hydrogen) atoms. The molecule has 0 aliphatic rings. The van der Waals surface area contributed by atoms with E-state index < -0.39 is 0 Å². The molecule has 0 rings (SSSR count). The Labute approximate surface area is 111 Å². The minimum atomic E-state index is -0.370. The number of nitrogens with one attached hydrogen (secondary N) is 1.